The van der Waals surface area contributed by atoms with Gasteiger partial charge in [-0.3, -0.25) is 0 Å². The molecule has 1 aliphatic heterocycles. The van der Waals surface area contributed by atoms with E-state index in [1.54, 1.807) is 0 Å². The second kappa shape index (κ2) is 11.4. The van der Waals surface area contributed by atoms with E-state index in [0.717, 1.165) is 12.8 Å². The lowest BCUT2D eigenvalue weighted by molar-refractivity contribution is 0.00410. The zero-order chi connectivity index (χ0) is 15.5. The van der Waals surface area contributed by atoms with Gasteiger partial charge in [-0.05, 0) is 6.42 Å². The first-order valence-corrected chi connectivity index (χ1v) is 8.94. The summed E-state index contributed by atoms with van der Waals surface area (Å²) in [5.74, 6) is 0. The van der Waals surface area contributed by atoms with Crippen molar-refractivity contribution in [2.75, 3.05) is 6.54 Å². The first kappa shape index (κ1) is 18.9. The summed E-state index contributed by atoms with van der Waals surface area (Å²) in [4.78, 5) is 0. The van der Waals surface area contributed by atoms with E-state index in [9.17, 15) is 15.3 Å². The number of hydrogen-bond acceptors (Lipinski definition) is 4. The summed E-state index contributed by atoms with van der Waals surface area (Å²) < 4.78 is 0. The smallest absolute Gasteiger partial charge is 0.0989 e. The van der Waals surface area contributed by atoms with Gasteiger partial charge in [0.15, 0.2) is 0 Å². The molecule has 1 rings (SSSR count). The van der Waals surface area contributed by atoms with Crippen LogP contribution in [0, 0.1) is 0 Å². The average Bonchev–Trinajstić information content (AvgIpc) is 2.81. The van der Waals surface area contributed by atoms with E-state index in [1.807, 2.05) is 0 Å². The van der Waals surface area contributed by atoms with Gasteiger partial charge in [0, 0.05) is 6.54 Å². The first-order chi connectivity index (χ1) is 10.2. The fraction of sp³-hybridized carbons (Fsp3) is 1.00. The largest absolute Gasteiger partial charge is 0.391 e. The van der Waals surface area contributed by atoms with Crippen LogP contribution in [-0.4, -0.2) is 46.2 Å². The monoisotopic (exact) mass is 301 g/mol. The Balaban J connectivity index is 1.90. The van der Waals surface area contributed by atoms with Gasteiger partial charge in [0.05, 0.1) is 24.4 Å². The van der Waals surface area contributed by atoms with Crippen LogP contribution in [0.2, 0.25) is 0 Å². The van der Waals surface area contributed by atoms with Crippen molar-refractivity contribution >= 4 is 0 Å². The van der Waals surface area contributed by atoms with Crippen molar-refractivity contribution in [2.45, 2.75) is 102 Å². The molecular weight excluding hydrogens is 266 g/mol. The molecule has 126 valence electrons. The number of nitrogens with one attached hydrogen (secondary N) is 1. The van der Waals surface area contributed by atoms with E-state index >= 15 is 0 Å². The van der Waals surface area contributed by atoms with E-state index in [0.29, 0.717) is 13.0 Å². The number of hydrogen-bond donors (Lipinski definition) is 4. The lowest BCUT2D eigenvalue weighted by Gasteiger charge is -2.22. The molecule has 0 saturated carbocycles. The lowest BCUT2D eigenvalue weighted by atomic mass is 9.99. The Morgan fingerprint density at radius 3 is 1.90 bits per heavy atom. The first-order valence-electron chi connectivity index (χ1n) is 8.94. The normalized spacial score (nSPS) is 27.1. The molecule has 4 atom stereocenters. The summed E-state index contributed by atoms with van der Waals surface area (Å²) in [5, 5.41) is 32.2. The van der Waals surface area contributed by atoms with Crippen molar-refractivity contribution in [3.05, 3.63) is 0 Å². The van der Waals surface area contributed by atoms with Crippen LogP contribution in [0.4, 0.5) is 0 Å². The van der Waals surface area contributed by atoms with Crippen LogP contribution in [0.1, 0.15) is 77.6 Å². The summed E-state index contributed by atoms with van der Waals surface area (Å²) in [7, 11) is 0. The Morgan fingerprint density at radius 2 is 1.43 bits per heavy atom. The van der Waals surface area contributed by atoms with Crippen LogP contribution >= 0.6 is 0 Å². The maximum Gasteiger partial charge on any atom is 0.0989 e. The summed E-state index contributed by atoms with van der Waals surface area (Å²) in [5.41, 5.74) is 0. The number of rotatable bonds is 12. The zero-order valence-electron chi connectivity index (χ0n) is 13.6. The SMILES string of the molecule is CCCCCCCCCCCCC(O)[C@@H]1NC[C@H](O)[C@H]1O. The van der Waals surface area contributed by atoms with E-state index < -0.39 is 18.3 Å². The van der Waals surface area contributed by atoms with E-state index in [4.69, 9.17) is 0 Å². The Morgan fingerprint density at radius 1 is 0.905 bits per heavy atom. The fourth-order valence-corrected chi connectivity index (χ4v) is 3.12. The molecule has 1 saturated heterocycles. The number of unbranched alkanes of at least 4 members (excludes halogenated alkanes) is 9. The zero-order valence-corrected chi connectivity index (χ0v) is 13.6. The summed E-state index contributed by atoms with van der Waals surface area (Å²) in [6.45, 7) is 2.62. The number of β-amino-alcohol motifs (C(OH)–C–C–N with tert-alkyl or cyclic N) is 1. The lowest BCUT2D eigenvalue weighted by Crippen LogP contribution is -2.43. The van der Waals surface area contributed by atoms with Crippen LogP contribution in [-0.2, 0) is 0 Å². The van der Waals surface area contributed by atoms with Gasteiger partial charge >= 0.3 is 0 Å². The van der Waals surface area contributed by atoms with E-state index in [2.05, 4.69) is 12.2 Å². The van der Waals surface area contributed by atoms with Gasteiger partial charge in [-0.15, -0.1) is 0 Å². The number of aliphatic hydroxyl groups is 3. The second-order valence-electron chi connectivity index (χ2n) is 6.53. The predicted octanol–water partition coefficient (Wildman–Crippen LogP) is 2.35. The minimum atomic E-state index is -0.830. The highest BCUT2D eigenvalue weighted by Crippen LogP contribution is 2.17. The highest BCUT2D eigenvalue weighted by molar-refractivity contribution is 4.94. The molecular formula is C17H35NO3. The summed E-state index contributed by atoms with van der Waals surface area (Å²) in [6.07, 6.45) is 11.4. The molecule has 0 bridgehead atoms. The fourth-order valence-electron chi connectivity index (χ4n) is 3.12. The Bertz CT molecular complexity index is 250. The Kier molecular flexibility index (Phi) is 10.3. The molecule has 0 radical (unpaired) electrons. The average molecular weight is 301 g/mol. The third-order valence-corrected chi connectivity index (χ3v) is 4.59. The van der Waals surface area contributed by atoms with Crippen molar-refractivity contribution < 1.29 is 15.3 Å². The molecule has 1 unspecified atom stereocenters. The van der Waals surface area contributed by atoms with Crippen LogP contribution < -0.4 is 5.32 Å². The molecule has 0 aliphatic carbocycles. The molecule has 1 fully saturated rings. The van der Waals surface area contributed by atoms with Gasteiger partial charge in [-0.2, -0.15) is 0 Å². The molecule has 0 spiro atoms. The highest BCUT2D eigenvalue weighted by atomic mass is 16.3. The summed E-state index contributed by atoms with van der Waals surface area (Å²) >= 11 is 0. The minimum Gasteiger partial charge on any atom is -0.391 e. The minimum absolute atomic E-state index is 0.362. The molecule has 0 aromatic rings. The predicted molar refractivity (Wildman–Crippen MR) is 86.3 cm³/mol. The third-order valence-electron chi connectivity index (χ3n) is 4.59. The third kappa shape index (κ3) is 7.59. The molecule has 1 heterocycles. The van der Waals surface area contributed by atoms with E-state index in [1.165, 1.54) is 51.4 Å². The maximum atomic E-state index is 10.0. The highest BCUT2D eigenvalue weighted by Gasteiger charge is 2.37. The molecule has 4 N–H and O–H groups in total. The quantitative estimate of drug-likeness (QED) is 0.418. The van der Waals surface area contributed by atoms with E-state index in [-0.39, 0.29) is 6.04 Å². The van der Waals surface area contributed by atoms with Crippen molar-refractivity contribution in [2.24, 2.45) is 0 Å². The van der Waals surface area contributed by atoms with Crippen LogP contribution in [0.3, 0.4) is 0 Å². The molecule has 1 aliphatic rings. The summed E-state index contributed by atoms with van der Waals surface area (Å²) in [6, 6.07) is -0.362. The van der Waals surface area contributed by atoms with Crippen molar-refractivity contribution in [3.63, 3.8) is 0 Å². The van der Waals surface area contributed by atoms with Gasteiger partial charge in [-0.25, -0.2) is 0 Å². The molecule has 0 aromatic heterocycles. The molecule has 4 nitrogen and oxygen atoms in total. The molecule has 0 amide bonds. The standard InChI is InChI=1S/C17H35NO3/c1-2-3-4-5-6-7-8-9-10-11-12-14(19)16-17(21)15(20)13-18-16/h14-21H,2-13H2,1H3/t14?,15-,16-,17+/m0/s1. The maximum absolute atomic E-state index is 10.0. The van der Waals surface area contributed by atoms with Crippen LogP contribution in [0.5, 0.6) is 0 Å². The van der Waals surface area contributed by atoms with Crippen LogP contribution in [0.15, 0.2) is 0 Å². The molecule has 21 heavy (non-hydrogen) atoms. The van der Waals surface area contributed by atoms with Crippen molar-refractivity contribution in [1.29, 1.82) is 0 Å². The Labute approximate surface area is 130 Å². The van der Waals surface area contributed by atoms with Gasteiger partial charge < -0.3 is 20.6 Å². The van der Waals surface area contributed by atoms with Crippen LogP contribution in [0.25, 0.3) is 0 Å². The molecule has 0 aromatic carbocycles. The van der Waals surface area contributed by atoms with Crippen molar-refractivity contribution in [1.82, 2.24) is 5.32 Å². The second-order valence-corrected chi connectivity index (χ2v) is 6.53. The Hall–Kier alpha value is -0.160. The van der Waals surface area contributed by atoms with Crippen molar-refractivity contribution in [3.8, 4) is 0 Å². The van der Waals surface area contributed by atoms with Gasteiger partial charge in [0.2, 0.25) is 0 Å². The molecule has 4 heteroatoms. The van der Waals surface area contributed by atoms with Gasteiger partial charge in [0.25, 0.3) is 0 Å². The number of aliphatic hydroxyl groups excluding tert-OH is 3. The van der Waals surface area contributed by atoms with Gasteiger partial charge in [-0.1, -0.05) is 71.1 Å². The topological polar surface area (TPSA) is 72.7 Å². The van der Waals surface area contributed by atoms with Gasteiger partial charge in [0.1, 0.15) is 0 Å².